The van der Waals surface area contributed by atoms with Crippen LogP contribution in [0.5, 0.6) is 0 Å². The van der Waals surface area contributed by atoms with Crippen LogP contribution in [-0.4, -0.2) is 24.2 Å². The van der Waals surface area contributed by atoms with E-state index in [9.17, 15) is 4.79 Å². The lowest BCUT2D eigenvalue weighted by Gasteiger charge is -2.30. The Labute approximate surface area is 106 Å². The molecule has 1 aliphatic heterocycles. The fourth-order valence-electron chi connectivity index (χ4n) is 2.03. The fourth-order valence-corrected chi connectivity index (χ4v) is 3.03. The summed E-state index contributed by atoms with van der Waals surface area (Å²) in [6.45, 7) is 2.81. The maximum Gasteiger partial charge on any atom is 0.243 e. The molecule has 0 saturated heterocycles. The molecule has 0 saturated carbocycles. The van der Waals surface area contributed by atoms with Crippen LogP contribution in [0.25, 0.3) is 0 Å². The van der Waals surface area contributed by atoms with Crippen LogP contribution < -0.4 is 10.6 Å². The van der Waals surface area contributed by atoms with Gasteiger partial charge in [0.05, 0.1) is 11.7 Å². The minimum atomic E-state index is -0.365. The monoisotopic (exact) mass is 250 g/mol. The molecule has 1 atom stereocenters. The number of nitrogens with two attached hydrogens (primary N) is 1. The van der Waals surface area contributed by atoms with Crippen LogP contribution in [0.1, 0.15) is 19.8 Å². The van der Waals surface area contributed by atoms with Crippen molar-refractivity contribution in [3.8, 4) is 0 Å². The zero-order chi connectivity index (χ0) is 12.3. The lowest BCUT2D eigenvalue weighted by atomic mass is 10.1. The molecule has 1 heterocycles. The number of anilines is 1. The summed E-state index contributed by atoms with van der Waals surface area (Å²) in [5, 5.41) is 0. The van der Waals surface area contributed by atoms with Crippen molar-refractivity contribution in [1.29, 1.82) is 0 Å². The first-order valence-electron chi connectivity index (χ1n) is 6.03. The molecule has 0 spiro atoms. The largest absolute Gasteiger partial charge is 0.320 e. The van der Waals surface area contributed by atoms with E-state index < -0.39 is 0 Å². The molecule has 3 nitrogen and oxygen atoms in total. The highest BCUT2D eigenvalue weighted by molar-refractivity contribution is 7.99. The minimum Gasteiger partial charge on any atom is -0.320 e. The molecule has 17 heavy (non-hydrogen) atoms. The second kappa shape index (κ2) is 5.56. The molecule has 4 heteroatoms. The summed E-state index contributed by atoms with van der Waals surface area (Å²) in [7, 11) is 0. The normalized spacial score (nSPS) is 16.5. The number of hydrogen-bond donors (Lipinski definition) is 1. The smallest absolute Gasteiger partial charge is 0.243 e. The summed E-state index contributed by atoms with van der Waals surface area (Å²) in [5.41, 5.74) is 6.93. The van der Waals surface area contributed by atoms with E-state index in [-0.39, 0.29) is 11.9 Å². The molecule has 2 N–H and O–H groups in total. The van der Waals surface area contributed by atoms with E-state index in [1.807, 2.05) is 30.0 Å². The van der Waals surface area contributed by atoms with Crippen molar-refractivity contribution in [3.63, 3.8) is 0 Å². The average molecular weight is 250 g/mol. The van der Waals surface area contributed by atoms with E-state index in [0.717, 1.165) is 30.8 Å². The van der Waals surface area contributed by atoms with Crippen molar-refractivity contribution in [2.24, 2.45) is 5.73 Å². The fraction of sp³-hybridized carbons (Fsp3) is 0.462. The van der Waals surface area contributed by atoms with E-state index in [1.165, 1.54) is 4.90 Å². The van der Waals surface area contributed by atoms with E-state index in [4.69, 9.17) is 5.73 Å². The predicted molar refractivity (Wildman–Crippen MR) is 72.4 cm³/mol. The van der Waals surface area contributed by atoms with Crippen molar-refractivity contribution in [1.82, 2.24) is 0 Å². The van der Waals surface area contributed by atoms with E-state index in [1.54, 1.807) is 11.8 Å². The van der Waals surface area contributed by atoms with Crippen molar-refractivity contribution >= 4 is 23.4 Å². The molecule has 0 bridgehead atoms. The van der Waals surface area contributed by atoms with Gasteiger partial charge in [-0.05, 0) is 18.6 Å². The van der Waals surface area contributed by atoms with Crippen molar-refractivity contribution < 1.29 is 4.79 Å². The number of rotatable bonds is 3. The third kappa shape index (κ3) is 2.64. The van der Waals surface area contributed by atoms with Crippen LogP contribution in [0.15, 0.2) is 29.2 Å². The molecule has 92 valence electrons. The van der Waals surface area contributed by atoms with Crippen LogP contribution in [0.3, 0.4) is 0 Å². The van der Waals surface area contributed by atoms with Gasteiger partial charge < -0.3 is 10.6 Å². The summed E-state index contributed by atoms with van der Waals surface area (Å²) in [6.07, 6.45) is 1.70. The summed E-state index contributed by atoms with van der Waals surface area (Å²) >= 11 is 1.80. The Morgan fingerprint density at radius 3 is 3.06 bits per heavy atom. The maximum atomic E-state index is 12.2. The van der Waals surface area contributed by atoms with Gasteiger partial charge in [-0.2, -0.15) is 0 Å². The molecule has 0 aliphatic carbocycles. The van der Waals surface area contributed by atoms with Crippen molar-refractivity contribution in [2.75, 3.05) is 17.2 Å². The molecule has 0 unspecified atom stereocenters. The number of carbonyl (C=O) groups excluding carboxylic acids is 1. The zero-order valence-corrected chi connectivity index (χ0v) is 10.9. The molecule has 0 radical (unpaired) electrons. The van der Waals surface area contributed by atoms with Gasteiger partial charge >= 0.3 is 0 Å². The Kier molecular flexibility index (Phi) is 4.07. The van der Waals surface area contributed by atoms with Gasteiger partial charge in [0.15, 0.2) is 0 Å². The Bertz CT molecular complexity index is 408. The third-order valence-electron chi connectivity index (χ3n) is 2.91. The van der Waals surface area contributed by atoms with Crippen LogP contribution >= 0.6 is 11.8 Å². The van der Waals surface area contributed by atoms with Gasteiger partial charge in [0.1, 0.15) is 0 Å². The summed E-state index contributed by atoms with van der Waals surface area (Å²) in [5.74, 6) is 1.00. The van der Waals surface area contributed by atoms with E-state index in [0.29, 0.717) is 0 Å². The number of carbonyl (C=O) groups is 1. The van der Waals surface area contributed by atoms with Gasteiger partial charge in [-0.15, -0.1) is 11.8 Å². The number of thioether (sulfide) groups is 1. The highest BCUT2D eigenvalue weighted by Crippen LogP contribution is 2.34. The summed E-state index contributed by atoms with van der Waals surface area (Å²) in [6, 6.07) is 7.67. The molecule has 1 aromatic carbocycles. The molecular weight excluding hydrogens is 232 g/mol. The highest BCUT2D eigenvalue weighted by Gasteiger charge is 2.26. The number of hydrogen-bond acceptors (Lipinski definition) is 3. The second-order valence-corrected chi connectivity index (χ2v) is 5.34. The molecule has 1 aromatic rings. The maximum absolute atomic E-state index is 12.2. The van der Waals surface area contributed by atoms with Crippen LogP contribution in [0.2, 0.25) is 0 Å². The van der Waals surface area contributed by atoms with Gasteiger partial charge in [-0.25, -0.2) is 0 Å². The lowest BCUT2D eigenvalue weighted by molar-refractivity contribution is -0.120. The Morgan fingerprint density at radius 1 is 1.53 bits per heavy atom. The van der Waals surface area contributed by atoms with Gasteiger partial charge in [0, 0.05) is 17.2 Å². The van der Waals surface area contributed by atoms with Gasteiger partial charge in [-0.3, -0.25) is 4.79 Å². The SMILES string of the molecule is CCC[C@H](N)C(=O)N1CCSc2ccccc21. The standard InChI is InChI=1S/C13H18N2OS/c1-2-5-10(14)13(16)15-8-9-17-12-7-4-3-6-11(12)15/h3-4,6-7,10H,2,5,8-9,14H2,1H3/t10-/m0/s1. The average Bonchev–Trinajstić information content (AvgIpc) is 2.37. The van der Waals surface area contributed by atoms with Gasteiger partial charge in [0.2, 0.25) is 5.91 Å². The number of nitrogens with zero attached hydrogens (tertiary/aromatic N) is 1. The molecule has 0 aromatic heterocycles. The van der Waals surface area contributed by atoms with Crippen LogP contribution in [0, 0.1) is 0 Å². The van der Waals surface area contributed by atoms with Crippen molar-refractivity contribution in [3.05, 3.63) is 24.3 Å². The molecule has 1 amide bonds. The van der Waals surface area contributed by atoms with Crippen LogP contribution in [-0.2, 0) is 4.79 Å². The predicted octanol–water partition coefficient (Wildman–Crippen LogP) is 2.25. The van der Waals surface area contributed by atoms with Gasteiger partial charge in [-0.1, -0.05) is 25.5 Å². The first-order valence-corrected chi connectivity index (χ1v) is 7.01. The number of para-hydroxylation sites is 1. The molecule has 1 aliphatic rings. The topological polar surface area (TPSA) is 46.3 Å². The third-order valence-corrected chi connectivity index (χ3v) is 3.95. The first kappa shape index (κ1) is 12.5. The lowest BCUT2D eigenvalue weighted by Crippen LogP contribution is -2.46. The highest BCUT2D eigenvalue weighted by atomic mass is 32.2. The van der Waals surface area contributed by atoms with Crippen molar-refractivity contribution in [2.45, 2.75) is 30.7 Å². The van der Waals surface area contributed by atoms with Crippen LogP contribution in [0.4, 0.5) is 5.69 Å². The Balaban J connectivity index is 2.20. The first-order chi connectivity index (χ1) is 8.24. The quantitative estimate of drug-likeness (QED) is 0.895. The van der Waals surface area contributed by atoms with Gasteiger partial charge in [0.25, 0.3) is 0 Å². The minimum absolute atomic E-state index is 0.0552. The molecule has 0 fully saturated rings. The molecule has 2 rings (SSSR count). The number of benzene rings is 1. The second-order valence-electron chi connectivity index (χ2n) is 4.20. The number of fused-ring (bicyclic) bond motifs is 1. The Morgan fingerprint density at radius 2 is 2.29 bits per heavy atom. The summed E-state index contributed by atoms with van der Waals surface area (Å²) in [4.78, 5) is 15.3. The number of amides is 1. The Hall–Kier alpha value is -1.00. The molecular formula is C13H18N2OS. The zero-order valence-electron chi connectivity index (χ0n) is 10.1. The van der Waals surface area contributed by atoms with E-state index >= 15 is 0 Å². The summed E-state index contributed by atoms with van der Waals surface area (Å²) < 4.78 is 0. The van der Waals surface area contributed by atoms with E-state index in [2.05, 4.69) is 6.07 Å².